The fraction of sp³-hybridized carbons (Fsp3) is 0.486. The predicted octanol–water partition coefficient (Wildman–Crippen LogP) is 4.81. The van der Waals surface area contributed by atoms with E-state index < -0.39 is 31.5 Å². The van der Waals surface area contributed by atoms with Crippen molar-refractivity contribution in [2.75, 3.05) is 71.1 Å². The maximum absolute atomic E-state index is 14.5. The van der Waals surface area contributed by atoms with Crippen LogP contribution in [-0.2, 0) is 27.9 Å². The van der Waals surface area contributed by atoms with E-state index in [2.05, 4.69) is 10.3 Å². The highest BCUT2D eigenvalue weighted by Crippen LogP contribution is 2.48. The molecular weight excluding hydrogens is 687 g/mol. The summed E-state index contributed by atoms with van der Waals surface area (Å²) in [5, 5.41) is 3.10. The smallest absolute Gasteiger partial charge is 0.409 e. The molecule has 2 aromatic carbocycles. The van der Waals surface area contributed by atoms with Gasteiger partial charge >= 0.3 is 13.7 Å². The van der Waals surface area contributed by atoms with Crippen molar-refractivity contribution in [1.82, 2.24) is 25.1 Å². The van der Waals surface area contributed by atoms with Gasteiger partial charge in [-0.3, -0.25) is 14.2 Å². The van der Waals surface area contributed by atoms with Crippen molar-refractivity contribution in [3.8, 4) is 11.4 Å². The van der Waals surface area contributed by atoms with Crippen LogP contribution in [0.5, 0.6) is 0 Å². The van der Waals surface area contributed by atoms with Crippen LogP contribution in [0.4, 0.5) is 10.6 Å². The lowest BCUT2D eigenvalue weighted by Crippen LogP contribution is -2.54. The number of piperazine rings is 1. The van der Waals surface area contributed by atoms with E-state index in [4.69, 9.17) is 23.5 Å². The van der Waals surface area contributed by atoms with Crippen LogP contribution in [-0.4, -0.2) is 110 Å². The van der Waals surface area contributed by atoms with Gasteiger partial charge in [0.1, 0.15) is 17.6 Å². The van der Waals surface area contributed by atoms with Crippen molar-refractivity contribution in [1.29, 1.82) is 0 Å². The molecule has 0 aliphatic carbocycles. The number of ether oxygens (including phenoxy) is 2. The Balaban J connectivity index is 1.50. The van der Waals surface area contributed by atoms with Crippen LogP contribution in [0, 0.1) is 0 Å². The molecule has 2 saturated heterocycles. The number of anilines is 1. The second-order valence-electron chi connectivity index (χ2n) is 12.5. The van der Waals surface area contributed by atoms with Crippen LogP contribution in [0.25, 0.3) is 11.4 Å². The Bertz CT molecular complexity index is 1710. The number of carbonyl (C=O) groups excluding carboxylic acids is 3. The Morgan fingerprint density at radius 2 is 1.58 bits per heavy atom. The number of rotatable bonds is 15. The molecule has 1 aromatic heterocycles. The molecule has 3 amide bonds. The number of amides is 3. The average molecular weight is 737 g/mol. The van der Waals surface area contributed by atoms with Crippen LogP contribution >= 0.6 is 7.60 Å². The Hall–Kier alpha value is -4.36. The number of carbonyl (C=O) groups is 3. The Morgan fingerprint density at radius 3 is 2.23 bits per heavy atom. The van der Waals surface area contributed by atoms with E-state index in [9.17, 15) is 18.9 Å². The number of hydrogen-bond donors (Lipinski definition) is 1. The molecule has 52 heavy (non-hydrogen) atoms. The largest absolute Gasteiger partial charge is 0.449 e. The summed E-state index contributed by atoms with van der Waals surface area (Å²) in [5.74, 6) is -0.163. The highest BCUT2D eigenvalue weighted by atomic mass is 31.2. The second kappa shape index (κ2) is 18.4. The third-order valence-electron chi connectivity index (χ3n) is 9.02. The van der Waals surface area contributed by atoms with Gasteiger partial charge in [0.15, 0.2) is 5.82 Å². The van der Waals surface area contributed by atoms with Gasteiger partial charge in [0.25, 0.3) is 5.91 Å². The molecule has 5 rings (SSSR count). The number of benzene rings is 2. The number of aromatic nitrogens is 2. The molecule has 3 aromatic rings. The quantitative estimate of drug-likeness (QED) is 0.169. The monoisotopic (exact) mass is 736 g/mol. The summed E-state index contributed by atoms with van der Waals surface area (Å²) in [6.45, 7) is 8.15. The number of unbranched alkanes of at least 4 members (excludes halogenated alkanes) is 1. The molecule has 0 saturated carbocycles. The first-order chi connectivity index (χ1) is 25.2. The fourth-order valence-electron chi connectivity index (χ4n) is 6.22. The summed E-state index contributed by atoms with van der Waals surface area (Å²) >= 11 is 0. The van der Waals surface area contributed by atoms with Gasteiger partial charge in [-0.25, -0.2) is 14.8 Å². The van der Waals surface area contributed by atoms with Crippen LogP contribution in [0.15, 0.2) is 60.7 Å². The minimum atomic E-state index is -3.91. The first-order valence-corrected chi connectivity index (χ1v) is 19.5. The normalized spacial score (nSPS) is 16.8. The van der Waals surface area contributed by atoms with Gasteiger partial charge in [-0.05, 0) is 38.3 Å². The van der Waals surface area contributed by atoms with E-state index in [1.165, 1.54) is 0 Å². The summed E-state index contributed by atoms with van der Waals surface area (Å²) in [6, 6.07) is 16.3. The molecule has 2 aliphatic heterocycles. The van der Waals surface area contributed by atoms with Crippen LogP contribution in [0.1, 0.15) is 62.1 Å². The SMILES string of the molecule is CCCCOC(=O)N1CCN(C(=O)C(NC(=O)c2cc(N3CC[C@H](OC)C3)nc(-c3ccccc3)n2)c2ccccc2P(=O)(OCC)OCC)CC1. The predicted molar refractivity (Wildman–Crippen MR) is 197 cm³/mol. The fourth-order valence-corrected chi connectivity index (χ4v) is 8.04. The van der Waals surface area contributed by atoms with Gasteiger partial charge in [0.05, 0.1) is 31.2 Å². The first kappa shape index (κ1) is 38.9. The number of hydrogen-bond acceptors (Lipinski definition) is 11. The van der Waals surface area contributed by atoms with E-state index >= 15 is 0 Å². The summed E-state index contributed by atoms with van der Waals surface area (Å²) in [7, 11) is -2.24. The number of methoxy groups -OCH3 is 1. The van der Waals surface area contributed by atoms with Gasteiger partial charge in [0, 0.05) is 58.0 Å². The van der Waals surface area contributed by atoms with Crippen molar-refractivity contribution in [2.45, 2.75) is 52.2 Å². The highest BCUT2D eigenvalue weighted by Gasteiger charge is 2.38. The molecule has 3 heterocycles. The van der Waals surface area contributed by atoms with E-state index in [0.29, 0.717) is 31.3 Å². The van der Waals surface area contributed by atoms with Crippen molar-refractivity contribution < 1.29 is 37.5 Å². The molecule has 2 fully saturated rings. The minimum Gasteiger partial charge on any atom is -0.449 e. The van der Waals surface area contributed by atoms with Crippen LogP contribution in [0.3, 0.4) is 0 Å². The summed E-state index contributed by atoms with van der Waals surface area (Å²) in [5.41, 5.74) is 1.05. The lowest BCUT2D eigenvalue weighted by atomic mass is 10.0. The molecule has 2 aliphatic rings. The summed E-state index contributed by atoms with van der Waals surface area (Å²) < 4.78 is 36.5. The molecule has 0 spiro atoms. The topological polar surface area (TPSA) is 153 Å². The lowest BCUT2D eigenvalue weighted by Gasteiger charge is -2.36. The molecule has 0 bridgehead atoms. The lowest BCUT2D eigenvalue weighted by molar-refractivity contribution is -0.135. The number of nitrogens with zero attached hydrogens (tertiary/aromatic N) is 5. The summed E-state index contributed by atoms with van der Waals surface area (Å²) in [6.07, 6.45) is 2.08. The third kappa shape index (κ3) is 9.35. The Morgan fingerprint density at radius 1 is 0.904 bits per heavy atom. The van der Waals surface area contributed by atoms with Crippen molar-refractivity contribution in [3.63, 3.8) is 0 Å². The second-order valence-corrected chi connectivity index (χ2v) is 14.5. The molecule has 2 atom stereocenters. The Kier molecular flexibility index (Phi) is 13.8. The van der Waals surface area contributed by atoms with E-state index in [1.807, 2.05) is 42.2 Å². The third-order valence-corrected chi connectivity index (χ3v) is 11.2. The van der Waals surface area contributed by atoms with Gasteiger partial charge in [-0.1, -0.05) is 61.9 Å². The molecule has 15 heteroatoms. The zero-order valence-corrected chi connectivity index (χ0v) is 31.3. The van der Waals surface area contributed by atoms with Gasteiger partial charge in [-0.2, -0.15) is 0 Å². The van der Waals surface area contributed by atoms with E-state index in [-0.39, 0.29) is 62.1 Å². The van der Waals surface area contributed by atoms with Crippen LogP contribution < -0.4 is 15.5 Å². The Labute approximate surface area is 305 Å². The molecular formula is C37H49N6O8P. The van der Waals surface area contributed by atoms with Crippen molar-refractivity contribution in [2.24, 2.45) is 0 Å². The van der Waals surface area contributed by atoms with E-state index in [0.717, 1.165) is 24.8 Å². The molecule has 280 valence electrons. The maximum Gasteiger partial charge on any atom is 0.409 e. The molecule has 1 N–H and O–H groups in total. The van der Waals surface area contributed by atoms with Crippen molar-refractivity contribution in [3.05, 3.63) is 71.9 Å². The average Bonchev–Trinajstić information content (AvgIpc) is 3.67. The summed E-state index contributed by atoms with van der Waals surface area (Å²) in [4.78, 5) is 56.2. The molecule has 14 nitrogen and oxygen atoms in total. The zero-order chi connectivity index (χ0) is 37.1. The molecule has 1 unspecified atom stereocenters. The van der Waals surface area contributed by atoms with Gasteiger partial charge in [0.2, 0.25) is 5.91 Å². The van der Waals surface area contributed by atoms with Crippen LogP contribution in [0.2, 0.25) is 0 Å². The zero-order valence-electron chi connectivity index (χ0n) is 30.4. The standard InChI is InChI=1S/C37H49N6O8P/c1-5-8-24-49-37(46)42-22-20-41(21-23-42)36(45)33(29-16-12-13-17-31(29)52(47,50-6-2)51-7-3)40-35(44)30-25-32(43-19-18-28(26-43)48-4)39-34(38-30)27-14-10-9-11-15-27/h9-17,25,28,33H,5-8,18-24,26H2,1-4H3,(H,40,44)/t28-,33?/m0/s1. The number of nitrogens with one attached hydrogen (secondary N) is 1. The van der Waals surface area contributed by atoms with E-state index in [1.54, 1.807) is 61.1 Å². The maximum atomic E-state index is 14.5. The molecule has 0 radical (unpaired) electrons. The highest BCUT2D eigenvalue weighted by molar-refractivity contribution is 7.62. The van der Waals surface area contributed by atoms with Gasteiger partial charge < -0.3 is 38.5 Å². The van der Waals surface area contributed by atoms with Crippen molar-refractivity contribution >= 4 is 36.6 Å². The minimum absolute atomic E-state index is 0.0240. The van der Waals surface area contributed by atoms with Gasteiger partial charge in [-0.15, -0.1) is 0 Å². The first-order valence-electron chi connectivity index (χ1n) is 17.9.